The summed E-state index contributed by atoms with van der Waals surface area (Å²) in [6, 6.07) is 15.4. The Labute approximate surface area is 257 Å². The average molecular weight is 649 g/mol. The number of hydrogen-bond acceptors (Lipinski definition) is 6. The molecule has 5 rings (SSSR count). The number of thiazole rings is 1. The van der Waals surface area contributed by atoms with E-state index in [-0.39, 0.29) is 12.2 Å². The number of ether oxygens (including phenoxy) is 2. The van der Waals surface area contributed by atoms with Crippen LogP contribution in [0.3, 0.4) is 0 Å². The van der Waals surface area contributed by atoms with Crippen LogP contribution in [0.1, 0.15) is 60.8 Å². The van der Waals surface area contributed by atoms with Gasteiger partial charge in [0.05, 0.1) is 40.0 Å². The first kappa shape index (κ1) is 29.8. The molecule has 9 heteroatoms. The molecule has 0 fully saturated rings. The van der Waals surface area contributed by atoms with E-state index in [0.717, 1.165) is 39.1 Å². The lowest BCUT2D eigenvalue weighted by atomic mass is 9.94. The highest BCUT2D eigenvalue weighted by molar-refractivity contribution is 9.10. The third-order valence-corrected chi connectivity index (χ3v) is 9.00. The minimum Gasteiger partial charge on any atom is -0.496 e. The molecule has 1 aliphatic rings. The van der Waals surface area contributed by atoms with Crippen molar-refractivity contribution < 1.29 is 14.3 Å². The molecule has 0 saturated heterocycles. The van der Waals surface area contributed by atoms with Gasteiger partial charge in [0.25, 0.3) is 5.56 Å². The van der Waals surface area contributed by atoms with E-state index in [0.29, 0.717) is 32.8 Å². The lowest BCUT2D eigenvalue weighted by Crippen LogP contribution is -2.40. The van der Waals surface area contributed by atoms with E-state index in [1.165, 1.54) is 16.9 Å². The summed E-state index contributed by atoms with van der Waals surface area (Å²) in [6.45, 7) is 10.3. The molecule has 1 aliphatic heterocycles. The van der Waals surface area contributed by atoms with Crippen LogP contribution in [0, 0.1) is 20.8 Å². The van der Waals surface area contributed by atoms with Crippen LogP contribution in [0.2, 0.25) is 0 Å². The van der Waals surface area contributed by atoms with Gasteiger partial charge in [0.1, 0.15) is 5.75 Å². The summed E-state index contributed by atoms with van der Waals surface area (Å²) in [5.74, 6) is 0.197. The van der Waals surface area contributed by atoms with Crippen LogP contribution in [0.15, 0.2) is 74.1 Å². The van der Waals surface area contributed by atoms with Gasteiger partial charge in [-0.15, -0.1) is 0 Å². The standard InChI is InChI=1S/C33H34BrN3O4S/c1-7-10-26-29(32(39)41-8-2)30(22-13-14-27(40-6)25(34)17-22)37-31(38)28(42-33(37)35-26)18-23-16-20(4)36(21(23)5)24-12-9-11-19(3)15-24/h9,11-18,30H,7-8,10H2,1-6H3/b28-18+/t30-/m1/s1. The number of carbonyl (C=O) groups excluding carboxylic acids is 1. The third kappa shape index (κ3) is 5.43. The number of hydrogen-bond donors (Lipinski definition) is 0. The van der Waals surface area contributed by atoms with Gasteiger partial charge in [-0.2, -0.15) is 0 Å². The highest BCUT2D eigenvalue weighted by Gasteiger charge is 2.34. The van der Waals surface area contributed by atoms with Crippen molar-refractivity contribution >= 4 is 39.3 Å². The monoisotopic (exact) mass is 647 g/mol. The molecule has 0 bridgehead atoms. The van der Waals surface area contributed by atoms with Crippen LogP contribution in [0.25, 0.3) is 11.8 Å². The van der Waals surface area contributed by atoms with E-state index in [1.807, 2.05) is 37.3 Å². The molecule has 0 aliphatic carbocycles. The Morgan fingerprint density at radius 2 is 1.90 bits per heavy atom. The van der Waals surface area contributed by atoms with Gasteiger partial charge in [0.15, 0.2) is 4.80 Å². The number of benzene rings is 2. The summed E-state index contributed by atoms with van der Waals surface area (Å²) in [7, 11) is 1.60. The summed E-state index contributed by atoms with van der Waals surface area (Å²) >= 11 is 4.92. The maximum absolute atomic E-state index is 14.2. The van der Waals surface area contributed by atoms with Crippen molar-refractivity contribution in [1.82, 2.24) is 9.13 Å². The normalized spacial score (nSPS) is 15.0. The van der Waals surface area contributed by atoms with Gasteiger partial charge in [0, 0.05) is 17.1 Å². The first-order valence-corrected chi connectivity index (χ1v) is 15.6. The minimum absolute atomic E-state index is 0.201. The zero-order chi connectivity index (χ0) is 30.1. The largest absolute Gasteiger partial charge is 0.496 e. The maximum Gasteiger partial charge on any atom is 0.338 e. The van der Waals surface area contributed by atoms with Crippen LogP contribution < -0.4 is 19.6 Å². The second-order valence-electron chi connectivity index (χ2n) is 10.3. The number of halogens is 1. The molecule has 2 aromatic carbocycles. The molecule has 0 spiro atoms. The van der Waals surface area contributed by atoms with Gasteiger partial charge in [-0.3, -0.25) is 9.36 Å². The topological polar surface area (TPSA) is 74.8 Å². The quantitative estimate of drug-likeness (QED) is 0.218. The number of carbonyl (C=O) groups is 1. The van der Waals surface area contributed by atoms with Crippen molar-refractivity contribution in [3.05, 3.63) is 112 Å². The van der Waals surface area contributed by atoms with Crippen LogP contribution in [-0.2, 0) is 9.53 Å². The van der Waals surface area contributed by atoms with Gasteiger partial charge in [-0.25, -0.2) is 9.79 Å². The van der Waals surface area contributed by atoms with Gasteiger partial charge >= 0.3 is 5.97 Å². The van der Waals surface area contributed by atoms with E-state index < -0.39 is 12.0 Å². The molecule has 0 saturated carbocycles. The number of nitrogens with zero attached hydrogens (tertiary/aromatic N) is 3. The average Bonchev–Trinajstić information content (AvgIpc) is 3.41. The number of esters is 1. The molecule has 2 aromatic heterocycles. The van der Waals surface area contributed by atoms with Crippen LogP contribution in [0.5, 0.6) is 5.75 Å². The van der Waals surface area contributed by atoms with Gasteiger partial charge in [-0.1, -0.05) is 42.9 Å². The van der Waals surface area contributed by atoms with Crippen molar-refractivity contribution in [2.75, 3.05) is 13.7 Å². The van der Waals surface area contributed by atoms with Crippen molar-refractivity contribution in [3.8, 4) is 11.4 Å². The zero-order valence-corrected chi connectivity index (χ0v) is 27.1. The van der Waals surface area contributed by atoms with E-state index in [4.69, 9.17) is 14.5 Å². The molecule has 4 aromatic rings. The molecular formula is C33H34BrN3O4S. The van der Waals surface area contributed by atoms with E-state index in [1.54, 1.807) is 18.6 Å². The Balaban J connectivity index is 1.74. The molecule has 1 atom stereocenters. The Hall–Kier alpha value is -3.69. The molecule has 42 heavy (non-hydrogen) atoms. The van der Waals surface area contributed by atoms with E-state index in [2.05, 4.69) is 65.5 Å². The molecule has 7 nitrogen and oxygen atoms in total. The predicted octanol–water partition coefficient (Wildman–Crippen LogP) is 6.07. The Bertz CT molecular complexity index is 1900. The third-order valence-electron chi connectivity index (χ3n) is 7.40. The van der Waals surface area contributed by atoms with Crippen LogP contribution in [-0.4, -0.2) is 28.8 Å². The van der Waals surface area contributed by atoms with Gasteiger partial charge < -0.3 is 14.0 Å². The maximum atomic E-state index is 14.2. The highest BCUT2D eigenvalue weighted by atomic mass is 79.9. The van der Waals surface area contributed by atoms with E-state index >= 15 is 0 Å². The number of methoxy groups -OCH3 is 1. The first-order chi connectivity index (χ1) is 20.2. The van der Waals surface area contributed by atoms with Crippen molar-refractivity contribution in [1.29, 1.82) is 0 Å². The molecular weight excluding hydrogens is 614 g/mol. The molecule has 218 valence electrons. The number of allylic oxidation sites excluding steroid dienone is 1. The molecule has 0 N–H and O–H groups in total. The number of aromatic nitrogens is 2. The summed E-state index contributed by atoms with van der Waals surface area (Å²) in [4.78, 5) is 33.1. The lowest BCUT2D eigenvalue weighted by molar-refractivity contribution is -0.139. The summed E-state index contributed by atoms with van der Waals surface area (Å²) < 4.78 is 16.1. The summed E-state index contributed by atoms with van der Waals surface area (Å²) in [6.07, 6.45) is 3.32. The molecule has 3 heterocycles. The fourth-order valence-electron chi connectivity index (χ4n) is 5.53. The fraction of sp³-hybridized carbons (Fsp3) is 0.303. The SMILES string of the molecule is CCCC1=C(C(=O)OCC)[C@@H](c2ccc(OC)c(Br)c2)n2c(s/c(=C/c3cc(C)n(-c4cccc(C)c4)c3C)c2=O)=N1. The van der Waals surface area contributed by atoms with E-state index in [9.17, 15) is 9.59 Å². The molecule has 0 radical (unpaired) electrons. The Morgan fingerprint density at radius 3 is 2.57 bits per heavy atom. The van der Waals surface area contributed by atoms with Crippen LogP contribution >= 0.6 is 27.3 Å². The Kier molecular flexibility index (Phi) is 8.70. The minimum atomic E-state index is -0.689. The highest BCUT2D eigenvalue weighted by Crippen LogP contribution is 2.36. The van der Waals surface area contributed by atoms with Crippen molar-refractivity contribution in [2.24, 2.45) is 4.99 Å². The summed E-state index contributed by atoms with van der Waals surface area (Å²) in [5, 5.41) is 0. The number of fused-ring (bicyclic) bond motifs is 1. The van der Waals surface area contributed by atoms with Crippen LogP contribution in [0.4, 0.5) is 0 Å². The predicted molar refractivity (Wildman–Crippen MR) is 170 cm³/mol. The zero-order valence-electron chi connectivity index (χ0n) is 24.7. The molecule has 0 unspecified atom stereocenters. The molecule has 0 amide bonds. The second kappa shape index (κ2) is 12.3. The summed E-state index contributed by atoms with van der Waals surface area (Å²) in [5.41, 5.74) is 6.95. The number of aryl methyl sites for hydroxylation is 2. The first-order valence-electron chi connectivity index (χ1n) is 14.0. The lowest BCUT2D eigenvalue weighted by Gasteiger charge is -2.26. The fourth-order valence-corrected chi connectivity index (χ4v) is 7.10. The van der Waals surface area contributed by atoms with Crippen molar-refractivity contribution in [3.63, 3.8) is 0 Å². The number of rotatable bonds is 8. The Morgan fingerprint density at radius 1 is 1.12 bits per heavy atom. The van der Waals surface area contributed by atoms with Gasteiger partial charge in [-0.05, 0) is 103 Å². The van der Waals surface area contributed by atoms with Gasteiger partial charge in [0.2, 0.25) is 0 Å². The van der Waals surface area contributed by atoms with Crippen molar-refractivity contribution in [2.45, 2.75) is 53.5 Å². The smallest absolute Gasteiger partial charge is 0.338 e. The second-order valence-corrected chi connectivity index (χ2v) is 12.2.